The molecular weight excluding hydrogens is 478 g/mol. The Balaban J connectivity index is 1.91. The molecule has 4 aromatic rings. The SMILES string of the molecule is COCOc1ccccc1-c1cc(-c2cccc(C(=O)OC)c2)c(C#N)c(NC(=O)c2cccs2)n1. The number of hydrogen-bond acceptors (Lipinski definition) is 8. The Hall–Kier alpha value is -4.52. The normalized spacial score (nSPS) is 10.4. The number of rotatable bonds is 8. The van der Waals surface area contributed by atoms with Crippen molar-refractivity contribution in [3.8, 4) is 34.2 Å². The molecule has 0 atom stereocenters. The van der Waals surface area contributed by atoms with E-state index in [1.807, 2.05) is 18.2 Å². The van der Waals surface area contributed by atoms with Crippen molar-refractivity contribution in [1.29, 1.82) is 5.26 Å². The van der Waals surface area contributed by atoms with Gasteiger partial charge in [0.05, 0.1) is 23.2 Å². The number of ether oxygens (including phenoxy) is 3. The van der Waals surface area contributed by atoms with E-state index in [-0.39, 0.29) is 24.1 Å². The van der Waals surface area contributed by atoms with Crippen molar-refractivity contribution in [2.45, 2.75) is 0 Å². The molecule has 9 heteroatoms. The Morgan fingerprint density at radius 1 is 1.03 bits per heavy atom. The van der Waals surface area contributed by atoms with E-state index < -0.39 is 5.97 Å². The lowest BCUT2D eigenvalue weighted by molar-refractivity contribution is 0.0515. The van der Waals surface area contributed by atoms with Gasteiger partial charge < -0.3 is 19.5 Å². The molecule has 0 fully saturated rings. The van der Waals surface area contributed by atoms with Crippen LogP contribution in [0.3, 0.4) is 0 Å². The van der Waals surface area contributed by atoms with E-state index in [0.717, 1.165) is 0 Å². The average molecular weight is 500 g/mol. The number of esters is 1. The number of nitrogens with one attached hydrogen (secondary N) is 1. The Labute approximate surface area is 211 Å². The van der Waals surface area contributed by atoms with Gasteiger partial charge in [0.25, 0.3) is 5.91 Å². The molecule has 1 amide bonds. The summed E-state index contributed by atoms with van der Waals surface area (Å²) in [6.45, 7) is 0.0310. The van der Waals surface area contributed by atoms with Crippen molar-refractivity contribution in [3.05, 3.63) is 88.1 Å². The first-order chi connectivity index (χ1) is 17.5. The lowest BCUT2D eigenvalue weighted by Gasteiger charge is -2.16. The number of nitrogens with zero attached hydrogens (tertiary/aromatic N) is 2. The van der Waals surface area contributed by atoms with E-state index in [2.05, 4.69) is 16.4 Å². The molecule has 0 bridgehead atoms. The van der Waals surface area contributed by atoms with Crippen molar-refractivity contribution in [2.24, 2.45) is 0 Å². The van der Waals surface area contributed by atoms with Crippen molar-refractivity contribution >= 4 is 29.0 Å². The third-order valence-electron chi connectivity index (χ3n) is 5.20. The number of anilines is 1. The highest BCUT2D eigenvalue weighted by Gasteiger charge is 2.20. The smallest absolute Gasteiger partial charge is 0.337 e. The minimum atomic E-state index is -0.505. The summed E-state index contributed by atoms with van der Waals surface area (Å²) in [5.41, 5.74) is 2.64. The van der Waals surface area contributed by atoms with Gasteiger partial charge in [0, 0.05) is 18.2 Å². The number of aromatic nitrogens is 1. The third-order valence-corrected chi connectivity index (χ3v) is 6.07. The van der Waals surface area contributed by atoms with Crippen LogP contribution in [0.5, 0.6) is 5.75 Å². The quantitative estimate of drug-likeness (QED) is 0.256. The molecule has 4 rings (SSSR count). The van der Waals surface area contributed by atoms with Crippen LogP contribution in [0.15, 0.2) is 72.1 Å². The summed E-state index contributed by atoms with van der Waals surface area (Å²) in [6.07, 6.45) is 0. The number of pyridine rings is 1. The van der Waals surface area contributed by atoms with Gasteiger partial charge in [-0.05, 0) is 47.3 Å². The van der Waals surface area contributed by atoms with Gasteiger partial charge in [-0.25, -0.2) is 9.78 Å². The van der Waals surface area contributed by atoms with E-state index in [1.54, 1.807) is 53.9 Å². The molecule has 0 aliphatic heterocycles. The monoisotopic (exact) mass is 499 g/mol. The number of carbonyl (C=O) groups is 2. The Morgan fingerprint density at radius 3 is 2.58 bits per heavy atom. The number of benzene rings is 2. The number of nitriles is 1. The molecule has 2 heterocycles. The van der Waals surface area contributed by atoms with Crippen LogP contribution in [-0.4, -0.2) is 37.9 Å². The average Bonchev–Trinajstić information content (AvgIpc) is 3.46. The van der Waals surface area contributed by atoms with Crippen LogP contribution in [0, 0.1) is 11.3 Å². The minimum Gasteiger partial charge on any atom is -0.467 e. The fraction of sp³-hybridized carbons (Fsp3) is 0.111. The zero-order valence-corrected chi connectivity index (χ0v) is 20.3. The second kappa shape index (κ2) is 11.3. The molecule has 0 unspecified atom stereocenters. The molecule has 8 nitrogen and oxygen atoms in total. The van der Waals surface area contributed by atoms with Crippen LogP contribution >= 0.6 is 11.3 Å². The number of carbonyl (C=O) groups excluding carboxylic acids is 2. The van der Waals surface area contributed by atoms with Gasteiger partial charge in [0.1, 0.15) is 17.4 Å². The maximum absolute atomic E-state index is 12.9. The van der Waals surface area contributed by atoms with E-state index >= 15 is 0 Å². The number of amides is 1. The number of thiophene rings is 1. The van der Waals surface area contributed by atoms with Crippen LogP contribution in [0.25, 0.3) is 22.4 Å². The van der Waals surface area contributed by atoms with E-state index in [0.29, 0.717) is 38.6 Å². The lowest BCUT2D eigenvalue weighted by atomic mass is 9.96. The molecule has 2 aromatic heterocycles. The summed E-state index contributed by atoms with van der Waals surface area (Å²) in [6, 6.07) is 21.3. The van der Waals surface area contributed by atoms with Gasteiger partial charge >= 0.3 is 5.97 Å². The van der Waals surface area contributed by atoms with Crippen LogP contribution in [-0.2, 0) is 9.47 Å². The molecule has 1 N–H and O–H groups in total. The van der Waals surface area contributed by atoms with Crippen molar-refractivity contribution in [2.75, 3.05) is 26.3 Å². The van der Waals surface area contributed by atoms with Gasteiger partial charge in [-0.3, -0.25) is 4.79 Å². The number of para-hydroxylation sites is 1. The summed E-state index contributed by atoms with van der Waals surface area (Å²) in [5.74, 6) is -0.284. The summed E-state index contributed by atoms with van der Waals surface area (Å²) in [4.78, 5) is 30.1. The minimum absolute atomic E-state index is 0.0310. The first kappa shape index (κ1) is 24.6. The Morgan fingerprint density at radius 2 is 1.86 bits per heavy atom. The molecule has 0 aliphatic carbocycles. The largest absolute Gasteiger partial charge is 0.467 e. The topological polar surface area (TPSA) is 111 Å². The fourth-order valence-electron chi connectivity index (χ4n) is 3.55. The fourth-order valence-corrected chi connectivity index (χ4v) is 4.17. The predicted molar refractivity (Wildman–Crippen MR) is 136 cm³/mol. The molecule has 0 aliphatic rings. The van der Waals surface area contributed by atoms with Crippen LogP contribution < -0.4 is 10.1 Å². The standard InChI is InChI=1S/C27H21N3O5S/c1-33-16-35-23-10-4-3-9-19(23)22-14-20(17-7-5-8-18(13-17)27(32)34-2)21(15-28)25(29-22)30-26(31)24-11-6-12-36-24/h3-14H,16H2,1-2H3,(H,29,30,31). The maximum atomic E-state index is 12.9. The highest BCUT2D eigenvalue weighted by Crippen LogP contribution is 2.36. The zero-order chi connectivity index (χ0) is 25.5. The predicted octanol–water partition coefficient (Wildman–Crippen LogP) is 5.37. The second-order valence-electron chi connectivity index (χ2n) is 7.44. The van der Waals surface area contributed by atoms with Crippen molar-refractivity contribution in [3.63, 3.8) is 0 Å². The molecular formula is C27H21N3O5S. The molecule has 0 saturated carbocycles. The molecule has 0 radical (unpaired) electrons. The molecule has 2 aromatic carbocycles. The van der Waals surface area contributed by atoms with Gasteiger partial charge in [0.2, 0.25) is 0 Å². The van der Waals surface area contributed by atoms with Gasteiger partial charge in [-0.1, -0.05) is 30.3 Å². The Bertz CT molecular complexity index is 1440. The van der Waals surface area contributed by atoms with E-state index in [1.165, 1.54) is 25.6 Å². The molecule has 0 spiro atoms. The summed E-state index contributed by atoms with van der Waals surface area (Å²) >= 11 is 1.28. The van der Waals surface area contributed by atoms with Gasteiger partial charge in [-0.2, -0.15) is 5.26 Å². The first-order valence-electron chi connectivity index (χ1n) is 10.8. The van der Waals surface area contributed by atoms with Crippen LogP contribution in [0.2, 0.25) is 0 Å². The van der Waals surface area contributed by atoms with Gasteiger partial charge in [-0.15, -0.1) is 11.3 Å². The lowest BCUT2D eigenvalue weighted by Crippen LogP contribution is -2.14. The Kier molecular flexibility index (Phi) is 7.70. The molecule has 36 heavy (non-hydrogen) atoms. The molecule has 180 valence electrons. The number of hydrogen-bond donors (Lipinski definition) is 1. The zero-order valence-electron chi connectivity index (χ0n) is 19.5. The maximum Gasteiger partial charge on any atom is 0.337 e. The first-order valence-corrected chi connectivity index (χ1v) is 11.6. The van der Waals surface area contributed by atoms with Crippen molar-refractivity contribution < 1.29 is 23.8 Å². The number of methoxy groups -OCH3 is 2. The third kappa shape index (κ3) is 5.25. The van der Waals surface area contributed by atoms with Gasteiger partial charge in [0.15, 0.2) is 12.6 Å². The highest BCUT2D eigenvalue weighted by atomic mass is 32.1. The van der Waals surface area contributed by atoms with Crippen LogP contribution in [0.1, 0.15) is 25.6 Å². The highest BCUT2D eigenvalue weighted by molar-refractivity contribution is 7.12. The molecule has 0 saturated heterocycles. The summed E-state index contributed by atoms with van der Waals surface area (Å²) in [7, 11) is 2.82. The van der Waals surface area contributed by atoms with E-state index in [4.69, 9.17) is 14.2 Å². The van der Waals surface area contributed by atoms with Crippen LogP contribution in [0.4, 0.5) is 5.82 Å². The summed E-state index contributed by atoms with van der Waals surface area (Å²) < 4.78 is 15.6. The van der Waals surface area contributed by atoms with E-state index in [9.17, 15) is 14.9 Å². The second-order valence-corrected chi connectivity index (χ2v) is 8.39. The summed E-state index contributed by atoms with van der Waals surface area (Å²) in [5, 5.41) is 14.7. The van der Waals surface area contributed by atoms with Crippen molar-refractivity contribution in [1.82, 2.24) is 4.98 Å².